The number of benzene rings is 1. The van der Waals surface area contributed by atoms with Gasteiger partial charge in [0.2, 0.25) is 5.88 Å². The minimum absolute atomic E-state index is 0.0657. The van der Waals surface area contributed by atoms with Crippen LogP contribution < -0.4 is 9.47 Å². The molecule has 9 nitrogen and oxygen atoms in total. The summed E-state index contributed by atoms with van der Waals surface area (Å²) in [5.41, 5.74) is 0.0657. The predicted octanol–water partition coefficient (Wildman–Crippen LogP) is 2.58. The van der Waals surface area contributed by atoms with E-state index in [0.29, 0.717) is 29.6 Å². The molecular weight excluding hydrogens is 340 g/mol. The van der Waals surface area contributed by atoms with Crippen molar-refractivity contribution in [3.05, 3.63) is 54.1 Å². The van der Waals surface area contributed by atoms with Crippen LogP contribution in [0.15, 0.2) is 41.2 Å². The van der Waals surface area contributed by atoms with Crippen LogP contribution in [0.3, 0.4) is 0 Å². The summed E-state index contributed by atoms with van der Waals surface area (Å²) < 4.78 is 20.8. The van der Waals surface area contributed by atoms with Crippen LogP contribution in [0.2, 0.25) is 0 Å². The molecule has 3 rings (SSSR count). The fourth-order valence-corrected chi connectivity index (χ4v) is 1.96. The lowest BCUT2D eigenvalue weighted by Crippen LogP contribution is -2.05. The number of methoxy groups -OCH3 is 1. The van der Waals surface area contributed by atoms with E-state index in [0.717, 1.165) is 0 Å². The van der Waals surface area contributed by atoms with Gasteiger partial charge in [0.15, 0.2) is 18.1 Å². The molecular formula is C17H16N4O5. The third kappa shape index (κ3) is 4.32. The second-order valence-corrected chi connectivity index (χ2v) is 5.05. The van der Waals surface area contributed by atoms with Crippen LogP contribution in [-0.2, 0) is 17.8 Å². The van der Waals surface area contributed by atoms with Crippen LogP contribution >= 0.6 is 0 Å². The van der Waals surface area contributed by atoms with Gasteiger partial charge in [0.1, 0.15) is 11.5 Å². The first-order valence-corrected chi connectivity index (χ1v) is 7.80. The fourth-order valence-electron chi connectivity index (χ4n) is 1.96. The summed E-state index contributed by atoms with van der Waals surface area (Å²) in [7, 11) is 1.27. The van der Waals surface area contributed by atoms with E-state index < -0.39 is 5.97 Å². The lowest BCUT2D eigenvalue weighted by Gasteiger charge is -2.07. The van der Waals surface area contributed by atoms with Crippen molar-refractivity contribution in [1.82, 2.24) is 20.1 Å². The Morgan fingerprint density at radius 3 is 2.58 bits per heavy atom. The molecule has 0 saturated heterocycles. The van der Waals surface area contributed by atoms with E-state index in [9.17, 15) is 4.79 Å². The normalized spacial score (nSPS) is 10.4. The standard InChI is InChI=1S/C17H16N4O5/c1-3-14-20-16(26-21-14)10-24-11-4-6-12(7-5-11)25-15-9-18-8-13(19-15)17(22)23-2/h4-9H,3,10H2,1-2H3. The molecule has 0 bridgehead atoms. The Hall–Kier alpha value is -3.49. The third-order valence-corrected chi connectivity index (χ3v) is 3.24. The van der Waals surface area contributed by atoms with Crippen molar-refractivity contribution in [2.24, 2.45) is 0 Å². The Balaban J connectivity index is 1.60. The molecule has 2 heterocycles. The third-order valence-electron chi connectivity index (χ3n) is 3.24. The largest absolute Gasteiger partial charge is 0.484 e. The molecule has 0 amide bonds. The quantitative estimate of drug-likeness (QED) is 0.590. The van der Waals surface area contributed by atoms with E-state index >= 15 is 0 Å². The van der Waals surface area contributed by atoms with Crippen molar-refractivity contribution in [1.29, 1.82) is 0 Å². The molecule has 0 saturated carbocycles. The van der Waals surface area contributed by atoms with Gasteiger partial charge >= 0.3 is 5.97 Å². The molecule has 134 valence electrons. The van der Waals surface area contributed by atoms with Crippen molar-refractivity contribution in [2.45, 2.75) is 20.0 Å². The van der Waals surface area contributed by atoms with E-state index in [1.165, 1.54) is 19.5 Å². The Bertz CT molecular complexity index is 879. The monoisotopic (exact) mass is 356 g/mol. The molecule has 1 aromatic carbocycles. The number of hydrogen-bond acceptors (Lipinski definition) is 9. The van der Waals surface area contributed by atoms with Gasteiger partial charge in [-0.2, -0.15) is 4.98 Å². The number of nitrogens with zero attached hydrogens (tertiary/aromatic N) is 4. The molecule has 0 aliphatic carbocycles. The highest BCUT2D eigenvalue weighted by molar-refractivity contribution is 5.86. The first kappa shape index (κ1) is 17.3. The van der Waals surface area contributed by atoms with Gasteiger partial charge < -0.3 is 18.7 Å². The topological polar surface area (TPSA) is 109 Å². The summed E-state index contributed by atoms with van der Waals surface area (Å²) in [4.78, 5) is 23.6. The second-order valence-electron chi connectivity index (χ2n) is 5.05. The number of esters is 1. The zero-order valence-electron chi connectivity index (χ0n) is 14.2. The highest BCUT2D eigenvalue weighted by atomic mass is 16.5. The van der Waals surface area contributed by atoms with Crippen molar-refractivity contribution in [2.75, 3.05) is 7.11 Å². The number of carbonyl (C=O) groups is 1. The van der Waals surface area contributed by atoms with Crippen molar-refractivity contribution in [3.8, 4) is 17.4 Å². The summed E-state index contributed by atoms with van der Waals surface area (Å²) in [6, 6.07) is 6.86. The van der Waals surface area contributed by atoms with Gasteiger partial charge in [-0.05, 0) is 24.3 Å². The Labute approximate surface area is 148 Å². The molecule has 9 heteroatoms. The van der Waals surface area contributed by atoms with E-state index in [-0.39, 0.29) is 18.2 Å². The van der Waals surface area contributed by atoms with E-state index in [1.54, 1.807) is 24.3 Å². The molecule has 26 heavy (non-hydrogen) atoms. The maximum absolute atomic E-state index is 11.5. The first-order chi connectivity index (χ1) is 12.7. The molecule has 0 aliphatic rings. The molecule has 3 aromatic rings. The van der Waals surface area contributed by atoms with E-state index in [1.807, 2.05) is 6.92 Å². The van der Waals surface area contributed by atoms with Crippen molar-refractivity contribution in [3.63, 3.8) is 0 Å². The zero-order chi connectivity index (χ0) is 18.4. The maximum atomic E-state index is 11.5. The molecule has 0 aliphatic heterocycles. The fraction of sp³-hybridized carbons (Fsp3) is 0.235. The van der Waals surface area contributed by atoms with Crippen LogP contribution in [0.4, 0.5) is 0 Å². The number of aromatic nitrogens is 4. The number of ether oxygens (including phenoxy) is 3. The van der Waals surface area contributed by atoms with Crippen LogP contribution in [0, 0.1) is 0 Å². The van der Waals surface area contributed by atoms with Gasteiger partial charge in [0.05, 0.1) is 19.5 Å². The number of hydrogen-bond donors (Lipinski definition) is 0. The van der Waals surface area contributed by atoms with Crippen LogP contribution in [-0.4, -0.2) is 33.2 Å². The average Bonchev–Trinajstić information content (AvgIpc) is 3.15. The minimum Gasteiger partial charge on any atom is -0.484 e. The van der Waals surface area contributed by atoms with Crippen LogP contribution in [0.1, 0.15) is 29.1 Å². The van der Waals surface area contributed by atoms with Gasteiger partial charge in [0, 0.05) is 6.42 Å². The number of aryl methyl sites for hydroxylation is 1. The summed E-state index contributed by atoms with van der Waals surface area (Å²) in [5, 5.41) is 3.80. The van der Waals surface area contributed by atoms with Gasteiger partial charge in [-0.15, -0.1) is 0 Å². The summed E-state index contributed by atoms with van der Waals surface area (Å²) in [5.74, 6) is 1.78. The SMILES string of the molecule is CCc1noc(COc2ccc(Oc3cncc(C(=O)OC)n3)cc2)n1. The van der Waals surface area contributed by atoms with Crippen LogP contribution in [0.25, 0.3) is 0 Å². The number of carbonyl (C=O) groups excluding carboxylic acids is 1. The lowest BCUT2D eigenvalue weighted by molar-refractivity contribution is 0.0592. The van der Waals surface area contributed by atoms with E-state index in [4.69, 9.17) is 14.0 Å². The Kier molecular flexibility index (Phi) is 5.37. The van der Waals surface area contributed by atoms with Crippen molar-refractivity contribution < 1.29 is 23.5 Å². The van der Waals surface area contributed by atoms with E-state index in [2.05, 4.69) is 24.8 Å². The molecule has 0 unspecified atom stereocenters. The molecule has 0 spiro atoms. The zero-order valence-corrected chi connectivity index (χ0v) is 14.2. The van der Waals surface area contributed by atoms with Gasteiger partial charge in [0.25, 0.3) is 5.89 Å². The molecule has 2 aromatic heterocycles. The lowest BCUT2D eigenvalue weighted by atomic mass is 10.3. The molecule has 0 radical (unpaired) electrons. The van der Waals surface area contributed by atoms with Crippen molar-refractivity contribution >= 4 is 5.97 Å². The van der Waals surface area contributed by atoms with Gasteiger partial charge in [-0.1, -0.05) is 12.1 Å². The minimum atomic E-state index is -0.584. The molecule has 0 atom stereocenters. The highest BCUT2D eigenvalue weighted by Crippen LogP contribution is 2.22. The summed E-state index contributed by atoms with van der Waals surface area (Å²) >= 11 is 0. The van der Waals surface area contributed by atoms with Gasteiger partial charge in [-0.25, -0.2) is 9.78 Å². The smallest absolute Gasteiger partial charge is 0.358 e. The Morgan fingerprint density at radius 1 is 1.12 bits per heavy atom. The number of rotatable bonds is 7. The molecule has 0 fully saturated rings. The first-order valence-electron chi connectivity index (χ1n) is 7.80. The average molecular weight is 356 g/mol. The second kappa shape index (κ2) is 8.06. The highest BCUT2D eigenvalue weighted by Gasteiger charge is 2.10. The van der Waals surface area contributed by atoms with Crippen LogP contribution in [0.5, 0.6) is 17.4 Å². The molecule has 0 N–H and O–H groups in total. The maximum Gasteiger partial charge on any atom is 0.358 e. The Morgan fingerprint density at radius 2 is 1.88 bits per heavy atom. The summed E-state index contributed by atoms with van der Waals surface area (Å²) in [6.45, 7) is 2.12. The van der Waals surface area contributed by atoms with Gasteiger partial charge in [-0.3, -0.25) is 4.98 Å². The summed E-state index contributed by atoms with van der Waals surface area (Å²) in [6.07, 6.45) is 3.41. The predicted molar refractivity (Wildman–Crippen MR) is 87.9 cm³/mol.